The highest BCUT2D eigenvalue weighted by Gasteiger charge is 2.53. The number of rotatable bonds is 2. The Kier molecular flexibility index (Phi) is 3.67. The number of ether oxygens (including phenoxy) is 1. The molecule has 1 heterocycles. The van der Waals surface area contributed by atoms with Crippen molar-refractivity contribution in [2.45, 2.75) is 30.2 Å². The molecule has 1 fully saturated rings. The first-order valence-electron chi connectivity index (χ1n) is 5.61. The summed E-state index contributed by atoms with van der Waals surface area (Å²) in [4.78, 5) is 0. The number of aliphatic hydroxyl groups is 5. The van der Waals surface area contributed by atoms with Crippen LogP contribution in [0.25, 0.3) is 0 Å². The molecule has 0 unspecified atom stereocenters. The average Bonchev–Trinajstić information content (AvgIpc) is 2.41. The van der Waals surface area contributed by atoms with E-state index >= 15 is 0 Å². The minimum absolute atomic E-state index is 0.238. The normalized spacial score (nSPS) is 40.7. The molecular formula is C12H16O6. The molecule has 0 aromatic heterocycles. The van der Waals surface area contributed by atoms with E-state index in [0.29, 0.717) is 0 Å². The third kappa shape index (κ3) is 2.03. The number of hydrogen-bond acceptors (Lipinski definition) is 6. The van der Waals surface area contributed by atoms with E-state index in [1.807, 2.05) is 0 Å². The van der Waals surface area contributed by atoms with Crippen molar-refractivity contribution in [3.63, 3.8) is 0 Å². The lowest BCUT2D eigenvalue weighted by Gasteiger charge is -2.45. The van der Waals surface area contributed by atoms with Crippen molar-refractivity contribution in [1.82, 2.24) is 0 Å². The maximum atomic E-state index is 10.3. The Labute approximate surface area is 104 Å². The van der Waals surface area contributed by atoms with Crippen LogP contribution in [0.4, 0.5) is 0 Å². The number of aliphatic hydroxyl groups excluding tert-OH is 4. The van der Waals surface area contributed by atoms with Gasteiger partial charge in [0.25, 0.3) is 0 Å². The Morgan fingerprint density at radius 1 is 1.06 bits per heavy atom. The van der Waals surface area contributed by atoms with Crippen LogP contribution in [-0.2, 0) is 10.5 Å². The van der Waals surface area contributed by atoms with Crippen molar-refractivity contribution in [3.8, 4) is 0 Å². The van der Waals surface area contributed by atoms with Crippen LogP contribution in [0.15, 0.2) is 30.3 Å². The maximum absolute atomic E-state index is 10.3. The number of hydrogen-bond donors (Lipinski definition) is 5. The van der Waals surface area contributed by atoms with Gasteiger partial charge in [-0.05, 0) is 0 Å². The zero-order chi connectivity index (χ0) is 13.3. The molecule has 6 heteroatoms. The molecule has 0 spiro atoms. The molecule has 5 atom stereocenters. The quantitative estimate of drug-likeness (QED) is 0.431. The van der Waals surface area contributed by atoms with Crippen LogP contribution in [0.5, 0.6) is 0 Å². The summed E-state index contributed by atoms with van der Waals surface area (Å²) in [5.74, 6) is -2.16. The third-order valence-electron chi connectivity index (χ3n) is 3.15. The molecule has 1 aromatic carbocycles. The zero-order valence-electron chi connectivity index (χ0n) is 9.55. The first-order chi connectivity index (χ1) is 8.50. The van der Waals surface area contributed by atoms with Gasteiger partial charge < -0.3 is 30.3 Å². The van der Waals surface area contributed by atoms with Crippen LogP contribution in [0.1, 0.15) is 5.56 Å². The molecule has 18 heavy (non-hydrogen) atoms. The predicted molar refractivity (Wildman–Crippen MR) is 60.3 cm³/mol. The van der Waals surface area contributed by atoms with Gasteiger partial charge in [0.1, 0.15) is 24.4 Å². The summed E-state index contributed by atoms with van der Waals surface area (Å²) in [7, 11) is 0. The molecule has 0 bridgehead atoms. The molecule has 1 saturated heterocycles. The highest BCUT2D eigenvalue weighted by Crippen LogP contribution is 2.35. The van der Waals surface area contributed by atoms with Gasteiger partial charge in [-0.3, -0.25) is 0 Å². The van der Waals surface area contributed by atoms with Crippen molar-refractivity contribution in [3.05, 3.63) is 35.9 Å². The van der Waals surface area contributed by atoms with Gasteiger partial charge in [-0.15, -0.1) is 0 Å². The fraction of sp³-hybridized carbons (Fsp3) is 0.500. The lowest BCUT2D eigenvalue weighted by atomic mass is 9.88. The van der Waals surface area contributed by atoms with Gasteiger partial charge in [-0.2, -0.15) is 0 Å². The van der Waals surface area contributed by atoms with Gasteiger partial charge in [0.2, 0.25) is 5.79 Å². The summed E-state index contributed by atoms with van der Waals surface area (Å²) in [6.45, 7) is -0.583. The molecule has 0 saturated carbocycles. The molecule has 0 aliphatic carbocycles. The van der Waals surface area contributed by atoms with Crippen molar-refractivity contribution in [1.29, 1.82) is 0 Å². The van der Waals surface area contributed by atoms with Crippen molar-refractivity contribution in [2.24, 2.45) is 0 Å². The molecule has 1 aromatic rings. The summed E-state index contributed by atoms with van der Waals surface area (Å²) >= 11 is 0. The first kappa shape index (κ1) is 13.4. The fourth-order valence-corrected chi connectivity index (χ4v) is 2.07. The average molecular weight is 256 g/mol. The molecular weight excluding hydrogens is 240 g/mol. The zero-order valence-corrected chi connectivity index (χ0v) is 9.55. The van der Waals surface area contributed by atoms with Crippen LogP contribution in [-0.4, -0.2) is 56.6 Å². The van der Waals surface area contributed by atoms with Crippen LogP contribution < -0.4 is 0 Å². The second kappa shape index (κ2) is 4.93. The fourth-order valence-electron chi connectivity index (χ4n) is 2.07. The molecule has 6 nitrogen and oxygen atoms in total. The summed E-state index contributed by atoms with van der Waals surface area (Å²) in [5.41, 5.74) is 0.238. The van der Waals surface area contributed by atoms with Crippen LogP contribution >= 0.6 is 0 Å². The first-order valence-corrected chi connectivity index (χ1v) is 5.61. The Morgan fingerprint density at radius 3 is 2.22 bits per heavy atom. The van der Waals surface area contributed by atoms with E-state index < -0.39 is 36.8 Å². The highest BCUT2D eigenvalue weighted by atomic mass is 16.7. The van der Waals surface area contributed by atoms with E-state index in [4.69, 9.17) is 9.84 Å². The largest absolute Gasteiger partial charge is 0.394 e. The summed E-state index contributed by atoms with van der Waals surface area (Å²) in [6.07, 6.45) is -5.96. The van der Waals surface area contributed by atoms with Crippen LogP contribution in [0.3, 0.4) is 0 Å². The van der Waals surface area contributed by atoms with Crippen molar-refractivity contribution in [2.75, 3.05) is 6.61 Å². The molecule has 1 aliphatic heterocycles. The Bertz CT molecular complexity index is 395. The Morgan fingerprint density at radius 2 is 1.67 bits per heavy atom. The highest BCUT2D eigenvalue weighted by molar-refractivity contribution is 5.23. The van der Waals surface area contributed by atoms with Gasteiger partial charge in [-0.1, -0.05) is 30.3 Å². The monoisotopic (exact) mass is 256 g/mol. The summed E-state index contributed by atoms with van der Waals surface area (Å²) < 4.78 is 5.15. The smallest absolute Gasteiger partial charge is 0.222 e. The Hall–Kier alpha value is -1.02. The molecule has 0 amide bonds. The SMILES string of the molecule is OC[C@H]1O[C@](O)(c2ccccc2)[C@H](O)[C@@H](O)[C@H]1O. The lowest BCUT2D eigenvalue weighted by Crippen LogP contribution is -2.63. The van der Waals surface area contributed by atoms with Crippen LogP contribution in [0.2, 0.25) is 0 Å². The van der Waals surface area contributed by atoms with E-state index in [9.17, 15) is 20.4 Å². The van der Waals surface area contributed by atoms with Gasteiger partial charge in [0.05, 0.1) is 6.61 Å². The van der Waals surface area contributed by atoms with E-state index in [1.165, 1.54) is 12.1 Å². The van der Waals surface area contributed by atoms with Gasteiger partial charge >= 0.3 is 0 Å². The minimum atomic E-state index is -2.16. The third-order valence-corrected chi connectivity index (χ3v) is 3.15. The summed E-state index contributed by atoms with van der Waals surface area (Å²) in [6, 6.07) is 8.02. The molecule has 100 valence electrons. The Balaban J connectivity index is 2.37. The van der Waals surface area contributed by atoms with Crippen molar-refractivity contribution >= 4 is 0 Å². The van der Waals surface area contributed by atoms with Crippen LogP contribution in [0, 0.1) is 0 Å². The van der Waals surface area contributed by atoms with Crippen molar-refractivity contribution < 1.29 is 30.3 Å². The van der Waals surface area contributed by atoms with Gasteiger partial charge in [0, 0.05) is 5.56 Å². The standard InChI is InChI=1S/C12H16O6/c13-6-8-9(14)10(15)11(16)12(17,18-8)7-4-2-1-3-5-7/h1-5,8-11,13-17H,6H2/t8-,9+,10+,11-,12-/m1/s1. The number of benzene rings is 1. The van der Waals surface area contributed by atoms with E-state index in [1.54, 1.807) is 18.2 Å². The van der Waals surface area contributed by atoms with E-state index in [-0.39, 0.29) is 5.56 Å². The second-order valence-electron chi connectivity index (χ2n) is 4.33. The summed E-state index contributed by atoms with van der Waals surface area (Å²) in [5, 5.41) is 48.5. The minimum Gasteiger partial charge on any atom is -0.394 e. The molecule has 2 rings (SSSR count). The molecule has 5 N–H and O–H groups in total. The van der Waals surface area contributed by atoms with E-state index in [2.05, 4.69) is 0 Å². The van der Waals surface area contributed by atoms with Gasteiger partial charge in [0.15, 0.2) is 0 Å². The van der Waals surface area contributed by atoms with E-state index in [0.717, 1.165) is 0 Å². The molecule has 1 aliphatic rings. The topological polar surface area (TPSA) is 110 Å². The predicted octanol–water partition coefficient (Wildman–Crippen LogP) is -1.69. The van der Waals surface area contributed by atoms with Gasteiger partial charge in [-0.25, -0.2) is 0 Å². The molecule has 0 radical (unpaired) electrons. The second-order valence-corrected chi connectivity index (χ2v) is 4.33. The maximum Gasteiger partial charge on any atom is 0.222 e. The lowest BCUT2D eigenvalue weighted by molar-refractivity contribution is -0.357.